The monoisotopic (exact) mass is 452 g/mol. The Morgan fingerprint density at radius 1 is 1.12 bits per heavy atom. The molecular formula is C24H28N4O3S. The van der Waals surface area contributed by atoms with E-state index in [2.05, 4.69) is 22.1 Å². The summed E-state index contributed by atoms with van der Waals surface area (Å²) in [6.07, 6.45) is 6.33. The van der Waals surface area contributed by atoms with Crippen LogP contribution in [-0.4, -0.2) is 50.9 Å². The van der Waals surface area contributed by atoms with Gasteiger partial charge in [-0.05, 0) is 63.8 Å². The molecule has 8 heteroatoms. The van der Waals surface area contributed by atoms with Crippen LogP contribution in [0.25, 0.3) is 21.1 Å². The van der Waals surface area contributed by atoms with Gasteiger partial charge in [-0.3, -0.25) is 4.98 Å². The predicted molar refractivity (Wildman–Crippen MR) is 125 cm³/mol. The number of hydrogen-bond donors (Lipinski definition) is 2. The van der Waals surface area contributed by atoms with Crippen molar-refractivity contribution >= 4 is 17.0 Å². The number of pyridine rings is 2. The Morgan fingerprint density at radius 3 is 2.56 bits per heavy atom. The van der Waals surface area contributed by atoms with Crippen molar-refractivity contribution < 1.29 is 14.6 Å². The molecule has 2 unspecified atom stereocenters. The van der Waals surface area contributed by atoms with Crippen molar-refractivity contribution in [2.45, 2.75) is 58.5 Å². The Balaban J connectivity index is 0.000000230. The molecule has 0 saturated carbocycles. The lowest BCUT2D eigenvalue weighted by atomic mass is 9.94. The lowest BCUT2D eigenvalue weighted by Gasteiger charge is -2.16. The number of nitrogens with one attached hydrogen (secondary N) is 1. The van der Waals surface area contributed by atoms with E-state index in [-0.39, 0.29) is 18.8 Å². The highest BCUT2D eigenvalue weighted by Gasteiger charge is 2.28. The Hall–Kier alpha value is -2.52. The fourth-order valence-electron chi connectivity index (χ4n) is 3.72. The molecule has 32 heavy (non-hydrogen) atoms. The van der Waals surface area contributed by atoms with Gasteiger partial charge < -0.3 is 20.0 Å². The number of aryl methyl sites for hydroxylation is 2. The molecule has 2 aliphatic rings. The molecule has 0 radical (unpaired) electrons. The maximum atomic E-state index is 8.55. The molecule has 1 aliphatic heterocycles. The quantitative estimate of drug-likeness (QED) is 0.610. The molecule has 5 rings (SSSR count). The van der Waals surface area contributed by atoms with Crippen LogP contribution in [0, 0.1) is 12.3 Å². The highest BCUT2D eigenvalue weighted by atomic mass is 32.1. The fourth-order valence-corrected chi connectivity index (χ4v) is 4.74. The zero-order chi connectivity index (χ0) is 22.7. The minimum Gasteiger partial charge on any atom is -0.391 e. The second-order valence-corrected chi connectivity index (χ2v) is 9.01. The Morgan fingerprint density at radius 2 is 1.91 bits per heavy atom. The van der Waals surface area contributed by atoms with Gasteiger partial charge in [-0.2, -0.15) is 0 Å². The van der Waals surface area contributed by atoms with E-state index in [1.807, 2.05) is 39.1 Å². The van der Waals surface area contributed by atoms with Crippen molar-refractivity contribution in [2.24, 2.45) is 0 Å². The van der Waals surface area contributed by atoms with Crippen molar-refractivity contribution in [1.29, 1.82) is 5.41 Å². The van der Waals surface area contributed by atoms with Crippen LogP contribution in [-0.2, 0) is 15.9 Å². The molecule has 168 valence electrons. The molecule has 1 saturated heterocycles. The first-order chi connectivity index (χ1) is 15.5. The molecule has 0 bridgehead atoms. The number of thiazole rings is 1. The zero-order valence-electron chi connectivity index (χ0n) is 18.5. The van der Waals surface area contributed by atoms with Gasteiger partial charge in [0.05, 0.1) is 46.5 Å². The lowest BCUT2D eigenvalue weighted by molar-refractivity contribution is -0.0921. The lowest BCUT2D eigenvalue weighted by Crippen LogP contribution is -2.13. The third-order valence-electron chi connectivity index (χ3n) is 5.62. The highest BCUT2D eigenvalue weighted by molar-refractivity contribution is 7.18. The molecule has 3 aromatic rings. The third-order valence-corrected chi connectivity index (χ3v) is 6.85. The summed E-state index contributed by atoms with van der Waals surface area (Å²) in [6, 6.07) is 8.12. The van der Waals surface area contributed by atoms with Gasteiger partial charge in [-0.25, -0.2) is 9.97 Å². The van der Waals surface area contributed by atoms with E-state index < -0.39 is 6.29 Å². The van der Waals surface area contributed by atoms with Gasteiger partial charge in [0.2, 0.25) is 0 Å². The van der Waals surface area contributed by atoms with Crippen LogP contribution in [0.1, 0.15) is 43.6 Å². The maximum Gasteiger partial charge on any atom is 0.181 e. The average molecular weight is 453 g/mol. The number of nitrogens with zero attached hydrogens (tertiary/aromatic N) is 3. The molecule has 0 aromatic carbocycles. The number of aliphatic hydroxyl groups is 1. The molecule has 2 atom stereocenters. The molecule has 3 aromatic heterocycles. The average Bonchev–Trinajstić information content (AvgIpc) is 3.36. The van der Waals surface area contributed by atoms with E-state index >= 15 is 0 Å². The summed E-state index contributed by atoms with van der Waals surface area (Å²) < 4.78 is 10.3. The van der Waals surface area contributed by atoms with Gasteiger partial charge in [-0.1, -0.05) is 6.07 Å². The smallest absolute Gasteiger partial charge is 0.181 e. The van der Waals surface area contributed by atoms with Crippen LogP contribution in [0.4, 0.5) is 0 Å². The second kappa shape index (κ2) is 9.95. The maximum absolute atomic E-state index is 8.55. The van der Waals surface area contributed by atoms with E-state index in [9.17, 15) is 0 Å². The first kappa shape index (κ1) is 22.7. The molecular weight excluding hydrogens is 424 g/mol. The molecule has 1 aliphatic carbocycles. The number of aromatic nitrogens is 3. The van der Waals surface area contributed by atoms with Crippen molar-refractivity contribution in [3.8, 4) is 21.1 Å². The number of ether oxygens (including phenoxy) is 2. The van der Waals surface area contributed by atoms with E-state index in [1.165, 1.54) is 5.56 Å². The van der Waals surface area contributed by atoms with Gasteiger partial charge in [0.25, 0.3) is 0 Å². The summed E-state index contributed by atoms with van der Waals surface area (Å²) in [6.45, 7) is 5.83. The van der Waals surface area contributed by atoms with E-state index in [4.69, 9.17) is 25.0 Å². The predicted octanol–water partition coefficient (Wildman–Crippen LogP) is 4.41. The minimum absolute atomic E-state index is 0.0469. The van der Waals surface area contributed by atoms with Gasteiger partial charge >= 0.3 is 0 Å². The van der Waals surface area contributed by atoms with Crippen LogP contribution < -0.4 is 0 Å². The number of aliphatic hydroxyl groups excluding tert-OH is 1. The molecule has 7 nitrogen and oxygen atoms in total. The third kappa shape index (κ3) is 4.94. The van der Waals surface area contributed by atoms with Crippen molar-refractivity contribution in [3.05, 3.63) is 53.6 Å². The SMILES string of the molecule is CC1OC(CO)OC1C.Cc1nc(-c2cccnc2)sc1-c1ccc2c(n1)C(=N)CCC2. The molecule has 4 heterocycles. The second-order valence-electron chi connectivity index (χ2n) is 8.01. The Bertz CT molecular complexity index is 1080. The number of rotatable bonds is 3. The van der Waals surface area contributed by atoms with Gasteiger partial charge in [0.1, 0.15) is 5.01 Å². The zero-order valence-corrected chi connectivity index (χ0v) is 19.4. The van der Waals surface area contributed by atoms with Crippen molar-refractivity contribution in [2.75, 3.05) is 6.61 Å². The largest absolute Gasteiger partial charge is 0.391 e. The highest BCUT2D eigenvalue weighted by Crippen LogP contribution is 2.35. The normalized spacial score (nSPS) is 22.2. The van der Waals surface area contributed by atoms with Gasteiger partial charge in [0.15, 0.2) is 6.29 Å². The van der Waals surface area contributed by atoms with Crippen LogP contribution >= 0.6 is 11.3 Å². The van der Waals surface area contributed by atoms with Crippen molar-refractivity contribution in [3.63, 3.8) is 0 Å². The number of fused-ring (bicyclic) bond motifs is 1. The van der Waals surface area contributed by atoms with E-state index in [0.29, 0.717) is 5.71 Å². The first-order valence-corrected chi connectivity index (χ1v) is 11.7. The Kier molecular flexibility index (Phi) is 7.05. The molecule has 2 N–H and O–H groups in total. The standard InChI is InChI=1S/C18H16N4S.C6H12O3/c1-11-17(23-18(21-11)13-5-3-9-20-10-13)15-8-7-12-4-2-6-14(19)16(12)22-15;1-4-5(2)9-6(3-7)8-4/h3,5,7-10,19H,2,4,6H2,1H3;4-7H,3H2,1-2H3. The molecule has 0 spiro atoms. The summed E-state index contributed by atoms with van der Waals surface area (Å²) in [7, 11) is 0. The van der Waals surface area contributed by atoms with Crippen LogP contribution in [0.5, 0.6) is 0 Å². The molecule has 0 amide bonds. The van der Waals surface area contributed by atoms with E-state index in [1.54, 1.807) is 17.5 Å². The van der Waals surface area contributed by atoms with Gasteiger partial charge in [-0.15, -0.1) is 11.3 Å². The van der Waals surface area contributed by atoms with Crippen molar-refractivity contribution in [1.82, 2.24) is 15.0 Å². The van der Waals surface area contributed by atoms with Crippen LogP contribution in [0.15, 0.2) is 36.7 Å². The van der Waals surface area contributed by atoms with Crippen LogP contribution in [0.3, 0.4) is 0 Å². The number of hydrogen-bond acceptors (Lipinski definition) is 8. The summed E-state index contributed by atoms with van der Waals surface area (Å²) in [4.78, 5) is 14.7. The van der Waals surface area contributed by atoms with Crippen LogP contribution in [0.2, 0.25) is 0 Å². The summed E-state index contributed by atoms with van der Waals surface area (Å²) in [5.74, 6) is 0. The fraction of sp³-hybridized carbons (Fsp3) is 0.417. The summed E-state index contributed by atoms with van der Waals surface area (Å²) in [5, 5.41) is 17.7. The van der Waals surface area contributed by atoms with E-state index in [0.717, 1.165) is 51.8 Å². The topological polar surface area (TPSA) is 101 Å². The first-order valence-electron chi connectivity index (χ1n) is 10.8. The van der Waals surface area contributed by atoms with Gasteiger partial charge in [0, 0.05) is 18.0 Å². The summed E-state index contributed by atoms with van der Waals surface area (Å²) in [5.41, 5.74) is 5.63. The minimum atomic E-state index is -0.394. The summed E-state index contributed by atoms with van der Waals surface area (Å²) >= 11 is 1.63. The molecule has 1 fully saturated rings. The Labute approximate surface area is 192 Å².